The molecule has 2 N–H and O–H groups in total. The molecule has 1 aliphatic heterocycles. The molecule has 2 amide bonds. The second-order valence-corrected chi connectivity index (χ2v) is 8.84. The molecule has 156 valence electrons. The third-order valence-corrected chi connectivity index (χ3v) is 6.77. The molecule has 1 aliphatic rings. The molecule has 0 spiro atoms. The molecule has 2 aromatic heterocycles. The molecular formula is C25H23N3O2S. The standard InChI is InChI=1S/C25H23N3O2S/c1-16-23(20-10-4-5-11-21(20)27-16)24-18-8-2-3-9-19(18)25(30)28(24)13-12-22(29)26-15-17-7-6-14-31-17/h2-11,14,24,27H,12-13,15H2,1H3,(H,26,29)/t24-/m0/s1. The smallest absolute Gasteiger partial charge is 0.255 e. The maximum absolute atomic E-state index is 13.3. The first-order valence-electron chi connectivity index (χ1n) is 10.4. The summed E-state index contributed by atoms with van der Waals surface area (Å²) in [5.41, 5.74) is 4.92. The molecule has 5 nitrogen and oxygen atoms in total. The largest absolute Gasteiger partial charge is 0.358 e. The molecule has 0 radical (unpaired) electrons. The van der Waals surface area contributed by atoms with E-state index in [1.54, 1.807) is 11.3 Å². The highest BCUT2D eigenvalue weighted by atomic mass is 32.1. The van der Waals surface area contributed by atoms with Crippen LogP contribution in [0.25, 0.3) is 10.9 Å². The first-order valence-corrected chi connectivity index (χ1v) is 11.3. The maximum atomic E-state index is 13.3. The molecule has 0 saturated heterocycles. The summed E-state index contributed by atoms with van der Waals surface area (Å²) in [6, 6.07) is 19.7. The van der Waals surface area contributed by atoms with E-state index in [0.717, 1.165) is 38.2 Å². The lowest BCUT2D eigenvalue weighted by molar-refractivity contribution is -0.121. The number of aromatic nitrogens is 1. The van der Waals surface area contributed by atoms with Crippen molar-refractivity contribution in [1.82, 2.24) is 15.2 Å². The second kappa shape index (κ2) is 8.04. The van der Waals surface area contributed by atoms with Crippen molar-refractivity contribution < 1.29 is 9.59 Å². The third-order valence-electron chi connectivity index (χ3n) is 5.89. The van der Waals surface area contributed by atoms with Crippen LogP contribution in [0, 0.1) is 6.92 Å². The number of benzene rings is 2. The number of rotatable bonds is 6. The predicted octanol–water partition coefficient (Wildman–Crippen LogP) is 4.79. The normalized spacial score (nSPS) is 15.5. The molecule has 6 heteroatoms. The first-order chi connectivity index (χ1) is 15.1. The van der Waals surface area contributed by atoms with Gasteiger partial charge in [-0.15, -0.1) is 11.3 Å². The van der Waals surface area contributed by atoms with Gasteiger partial charge in [-0.05, 0) is 36.1 Å². The summed E-state index contributed by atoms with van der Waals surface area (Å²) < 4.78 is 0. The molecule has 0 fully saturated rings. The van der Waals surface area contributed by atoms with Crippen molar-refractivity contribution in [3.63, 3.8) is 0 Å². The van der Waals surface area contributed by atoms with Crippen LogP contribution in [0.2, 0.25) is 0 Å². The number of carbonyl (C=O) groups is 2. The zero-order valence-electron chi connectivity index (χ0n) is 17.2. The summed E-state index contributed by atoms with van der Waals surface area (Å²) in [6.45, 7) is 2.94. The fraction of sp³-hybridized carbons (Fsp3) is 0.200. The van der Waals surface area contributed by atoms with E-state index in [1.165, 1.54) is 0 Å². The number of hydrogen-bond donors (Lipinski definition) is 2. The lowest BCUT2D eigenvalue weighted by atomic mass is 9.95. The number of carbonyl (C=O) groups excluding carboxylic acids is 2. The minimum Gasteiger partial charge on any atom is -0.358 e. The van der Waals surface area contributed by atoms with Gasteiger partial charge >= 0.3 is 0 Å². The Kier molecular flexibility index (Phi) is 5.08. The molecule has 2 aromatic carbocycles. The first kappa shape index (κ1) is 19.6. The quantitative estimate of drug-likeness (QED) is 0.463. The Morgan fingerprint density at radius 2 is 1.90 bits per heavy atom. The van der Waals surface area contributed by atoms with E-state index in [-0.39, 0.29) is 24.3 Å². The van der Waals surface area contributed by atoms with Gasteiger partial charge in [0.25, 0.3) is 5.91 Å². The summed E-state index contributed by atoms with van der Waals surface area (Å²) in [4.78, 5) is 32.2. The number of aryl methyl sites for hydroxylation is 1. The molecule has 0 unspecified atom stereocenters. The van der Waals surface area contributed by atoms with Gasteiger partial charge in [0, 0.05) is 45.6 Å². The topological polar surface area (TPSA) is 65.2 Å². The SMILES string of the molecule is Cc1[nH]c2ccccc2c1[C@@H]1c2ccccc2C(=O)N1CCC(=O)NCc1cccs1. The van der Waals surface area contributed by atoms with Crippen molar-refractivity contribution >= 4 is 34.1 Å². The number of hydrogen-bond acceptors (Lipinski definition) is 3. The van der Waals surface area contributed by atoms with E-state index in [9.17, 15) is 9.59 Å². The van der Waals surface area contributed by atoms with Crippen LogP contribution in [0.15, 0.2) is 66.0 Å². The monoisotopic (exact) mass is 429 g/mol. The van der Waals surface area contributed by atoms with E-state index in [4.69, 9.17) is 0 Å². The Morgan fingerprint density at radius 3 is 2.74 bits per heavy atom. The van der Waals surface area contributed by atoms with E-state index in [0.29, 0.717) is 13.1 Å². The van der Waals surface area contributed by atoms with Crippen LogP contribution in [0.3, 0.4) is 0 Å². The molecule has 0 bridgehead atoms. The highest BCUT2D eigenvalue weighted by Crippen LogP contribution is 2.42. The number of aromatic amines is 1. The number of para-hydroxylation sites is 1. The van der Waals surface area contributed by atoms with Gasteiger partial charge in [0.1, 0.15) is 0 Å². The van der Waals surface area contributed by atoms with Crippen LogP contribution >= 0.6 is 11.3 Å². The van der Waals surface area contributed by atoms with Crippen molar-refractivity contribution in [1.29, 1.82) is 0 Å². The Labute approximate surface area is 184 Å². The second-order valence-electron chi connectivity index (χ2n) is 7.80. The minimum atomic E-state index is -0.204. The van der Waals surface area contributed by atoms with Crippen molar-refractivity contribution in [3.05, 3.63) is 93.3 Å². The molecule has 0 saturated carbocycles. The molecule has 4 aromatic rings. The van der Waals surface area contributed by atoms with Crippen LogP contribution in [0.4, 0.5) is 0 Å². The lowest BCUT2D eigenvalue weighted by Gasteiger charge is -2.26. The molecular weight excluding hydrogens is 406 g/mol. The van der Waals surface area contributed by atoms with Crippen LogP contribution < -0.4 is 5.32 Å². The van der Waals surface area contributed by atoms with Crippen LogP contribution in [-0.2, 0) is 11.3 Å². The number of H-pyrrole nitrogens is 1. The van der Waals surface area contributed by atoms with Gasteiger partial charge < -0.3 is 15.2 Å². The van der Waals surface area contributed by atoms with E-state index < -0.39 is 0 Å². The van der Waals surface area contributed by atoms with Gasteiger partial charge in [-0.2, -0.15) is 0 Å². The zero-order chi connectivity index (χ0) is 21.4. The minimum absolute atomic E-state index is 0.0173. The van der Waals surface area contributed by atoms with Gasteiger partial charge in [0.05, 0.1) is 12.6 Å². The predicted molar refractivity (Wildman–Crippen MR) is 123 cm³/mol. The Hall–Kier alpha value is -3.38. The summed E-state index contributed by atoms with van der Waals surface area (Å²) in [5, 5.41) is 6.07. The average molecular weight is 430 g/mol. The molecule has 5 rings (SSSR count). The third kappa shape index (κ3) is 3.53. The zero-order valence-corrected chi connectivity index (χ0v) is 18.0. The Balaban J connectivity index is 1.43. The summed E-state index contributed by atoms with van der Waals surface area (Å²) in [5.74, 6) is -0.0668. The number of fused-ring (bicyclic) bond motifs is 2. The van der Waals surface area contributed by atoms with Gasteiger partial charge in [-0.1, -0.05) is 42.5 Å². The fourth-order valence-corrected chi connectivity index (χ4v) is 5.12. The van der Waals surface area contributed by atoms with E-state index in [1.807, 2.05) is 65.7 Å². The molecule has 1 atom stereocenters. The van der Waals surface area contributed by atoms with Crippen molar-refractivity contribution in [2.45, 2.75) is 25.9 Å². The van der Waals surface area contributed by atoms with Gasteiger partial charge in [0.2, 0.25) is 5.91 Å². The van der Waals surface area contributed by atoms with E-state index in [2.05, 4.69) is 22.4 Å². The number of amides is 2. The average Bonchev–Trinajstić information content (AvgIpc) is 3.48. The lowest BCUT2D eigenvalue weighted by Crippen LogP contribution is -2.33. The molecule has 31 heavy (non-hydrogen) atoms. The van der Waals surface area contributed by atoms with E-state index >= 15 is 0 Å². The van der Waals surface area contributed by atoms with Crippen molar-refractivity contribution in [2.24, 2.45) is 0 Å². The number of nitrogens with zero attached hydrogens (tertiary/aromatic N) is 1. The summed E-state index contributed by atoms with van der Waals surface area (Å²) in [6.07, 6.45) is 0.267. The van der Waals surface area contributed by atoms with Gasteiger partial charge in [-0.25, -0.2) is 0 Å². The number of thiophene rings is 1. The maximum Gasteiger partial charge on any atom is 0.255 e. The fourth-order valence-electron chi connectivity index (χ4n) is 4.47. The van der Waals surface area contributed by atoms with Crippen molar-refractivity contribution in [3.8, 4) is 0 Å². The van der Waals surface area contributed by atoms with Crippen molar-refractivity contribution in [2.75, 3.05) is 6.54 Å². The molecule has 3 heterocycles. The number of nitrogens with one attached hydrogen (secondary N) is 2. The summed E-state index contributed by atoms with van der Waals surface area (Å²) >= 11 is 1.62. The van der Waals surface area contributed by atoms with Crippen LogP contribution in [0.5, 0.6) is 0 Å². The Bertz CT molecular complexity index is 1260. The Morgan fingerprint density at radius 1 is 1.10 bits per heavy atom. The summed E-state index contributed by atoms with van der Waals surface area (Å²) in [7, 11) is 0. The van der Waals surface area contributed by atoms with Crippen LogP contribution in [-0.4, -0.2) is 28.2 Å². The highest BCUT2D eigenvalue weighted by molar-refractivity contribution is 7.09. The van der Waals surface area contributed by atoms with Gasteiger partial charge in [0.15, 0.2) is 0 Å². The van der Waals surface area contributed by atoms with Gasteiger partial charge in [-0.3, -0.25) is 9.59 Å². The van der Waals surface area contributed by atoms with Crippen LogP contribution in [0.1, 0.15) is 44.5 Å². The molecule has 0 aliphatic carbocycles. The highest BCUT2D eigenvalue weighted by Gasteiger charge is 2.39.